The molecule has 0 saturated carbocycles. The minimum atomic E-state index is -0.183. The Morgan fingerprint density at radius 3 is 1.94 bits per heavy atom. The summed E-state index contributed by atoms with van der Waals surface area (Å²) in [6.45, 7) is 4.67. The molecule has 0 N–H and O–H groups in total. The summed E-state index contributed by atoms with van der Waals surface area (Å²) in [5.41, 5.74) is 9.63. The first kappa shape index (κ1) is 27.0. The lowest BCUT2D eigenvalue weighted by Gasteiger charge is -2.22. The van der Waals surface area contributed by atoms with Gasteiger partial charge in [-0.3, -0.25) is 0 Å². The van der Waals surface area contributed by atoms with Crippen molar-refractivity contribution in [3.8, 4) is 45.3 Å². The van der Waals surface area contributed by atoms with Crippen LogP contribution in [0.25, 0.3) is 88.8 Å². The Labute approximate surface area is 277 Å². The van der Waals surface area contributed by atoms with Crippen molar-refractivity contribution in [2.75, 3.05) is 0 Å². The summed E-state index contributed by atoms with van der Waals surface area (Å²) < 4.78 is 6.85. The Morgan fingerprint density at radius 1 is 0.500 bits per heavy atom. The van der Waals surface area contributed by atoms with Gasteiger partial charge in [0.15, 0.2) is 17.5 Å². The van der Waals surface area contributed by atoms with Crippen LogP contribution in [0.1, 0.15) is 25.0 Å². The van der Waals surface area contributed by atoms with Crippen molar-refractivity contribution in [1.82, 2.24) is 15.0 Å². The number of hydrogen-bond donors (Lipinski definition) is 0. The summed E-state index contributed by atoms with van der Waals surface area (Å²) in [7, 11) is 0. The molecule has 4 heteroatoms. The van der Waals surface area contributed by atoms with Gasteiger partial charge in [-0.15, -0.1) is 0 Å². The third kappa shape index (κ3) is 3.86. The number of aromatic nitrogens is 3. The van der Waals surface area contributed by atoms with Crippen molar-refractivity contribution in [2.24, 2.45) is 0 Å². The molecule has 7 aromatic carbocycles. The summed E-state index contributed by atoms with van der Waals surface area (Å²) in [5.74, 6) is 1.88. The second kappa shape index (κ2) is 9.93. The fourth-order valence-electron chi connectivity index (χ4n) is 7.80. The highest BCUT2D eigenvalue weighted by atomic mass is 16.3. The lowest BCUT2D eigenvalue weighted by atomic mass is 9.79. The molecule has 1 aliphatic carbocycles. The average molecular weight is 616 g/mol. The maximum absolute atomic E-state index is 6.85. The van der Waals surface area contributed by atoms with E-state index >= 15 is 0 Å². The normalized spacial score (nSPS) is 13.4. The summed E-state index contributed by atoms with van der Waals surface area (Å²) in [6, 6.07) is 48.7. The zero-order valence-corrected chi connectivity index (χ0v) is 26.5. The highest BCUT2D eigenvalue weighted by Crippen LogP contribution is 2.56. The third-order valence-corrected chi connectivity index (χ3v) is 10.1. The summed E-state index contributed by atoms with van der Waals surface area (Å²) in [6.07, 6.45) is 0. The van der Waals surface area contributed by atoms with Gasteiger partial charge >= 0.3 is 0 Å². The van der Waals surface area contributed by atoms with Gasteiger partial charge in [0.05, 0.1) is 0 Å². The van der Waals surface area contributed by atoms with Crippen LogP contribution < -0.4 is 0 Å². The van der Waals surface area contributed by atoms with Crippen molar-refractivity contribution < 1.29 is 4.42 Å². The molecule has 0 saturated heterocycles. The van der Waals surface area contributed by atoms with Crippen molar-refractivity contribution in [3.05, 3.63) is 151 Å². The SMILES string of the molecule is CC1(C)c2ccccc2-c2c1c1c3ccc(-c4nc(-c5ccccc5)nc(-c5ccc6ccccc6c5)n4)cc3oc1c1ccccc21. The molecule has 10 rings (SSSR count). The lowest BCUT2D eigenvalue weighted by Crippen LogP contribution is -2.15. The van der Waals surface area contributed by atoms with Gasteiger partial charge in [0.2, 0.25) is 0 Å². The second-order valence-electron chi connectivity index (χ2n) is 13.2. The quantitative estimate of drug-likeness (QED) is 0.198. The Balaban J connectivity index is 1.22. The van der Waals surface area contributed by atoms with Gasteiger partial charge in [0.1, 0.15) is 11.2 Å². The van der Waals surface area contributed by atoms with E-state index in [4.69, 9.17) is 19.4 Å². The number of benzene rings is 7. The van der Waals surface area contributed by atoms with Gasteiger partial charge in [-0.25, -0.2) is 15.0 Å². The average Bonchev–Trinajstić information content (AvgIpc) is 3.63. The van der Waals surface area contributed by atoms with Crippen LogP contribution in [-0.2, 0) is 5.41 Å². The van der Waals surface area contributed by atoms with E-state index in [9.17, 15) is 0 Å². The number of fused-ring (bicyclic) bond motifs is 11. The van der Waals surface area contributed by atoms with Crippen LogP contribution in [0.15, 0.2) is 144 Å². The second-order valence-corrected chi connectivity index (χ2v) is 13.2. The standard InChI is InChI=1S/C44H29N3O/c1-44(2)35-19-11-10-18-33(35)37-31-16-8-9-17-32(31)40-38(39(37)44)34-23-22-30(25-36(34)48-40)43-46-41(27-13-4-3-5-14-27)45-42(47-43)29-21-20-26-12-6-7-15-28(26)24-29/h3-25H,1-2H3. The van der Waals surface area contributed by atoms with E-state index in [0.717, 1.165) is 44.0 Å². The smallest absolute Gasteiger partial charge is 0.164 e. The largest absolute Gasteiger partial charge is 0.455 e. The first-order chi connectivity index (χ1) is 23.5. The van der Waals surface area contributed by atoms with E-state index in [1.54, 1.807) is 0 Å². The summed E-state index contributed by atoms with van der Waals surface area (Å²) in [4.78, 5) is 15.0. The summed E-state index contributed by atoms with van der Waals surface area (Å²) >= 11 is 0. The van der Waals surface area contributed by atoms with Crippen LogP contribution in [0.2, 0.25) is 0 Å². The van der Waals surface area contributed by atoms with E-state index in [0.29, 0.717) is 17.5 Å². The van der Waals surface area contributed by atoms with Crippen LogP contribution in [0, 0.1) is 0 Å². The predicted octanol–water partition coefficient (Wildman–Crippen LogP) is 11.4. The molecule has 0 aliphatic heterocycles. The van der Waals surface area contributed by atoms with Gasteiger partial charge in [-0.2, -0.15) is 0 Å². The predicted molar refractivity (Wildman–Crippen MR) is 196 cm³/mol. The maximum atomic E-state index is 6.85. The van der Waals surface area contributed by atoms with E-state index in [1.165, 1.54) is 38.4 Å². The van der Waals surface area contributed by atoms with Crippen LogP contribution in [0.3, 0.4) is 0 Å². The van der Waals surface area contributed by atoms with Crippen LogP contribution >= 0.6 is 0 Å². The number of nitrogens with zero attached hydrogens (tertiary/aromatic N) is 3. The van der Waals surface area contributed by atoms with Gasteiger partial charge in [0.25, 0.3) is 0 Å². The van der Waals surface area contributed by atoms with Crippen molar-refractivity contribution in [1.29, 1.82) is 0 Å². The molecule has 0 radical (unpaired) electrons. The molecule has 226 valence electrons. The molecule has 0 spiro atoms. The molecule has 48 heavy (non-hydrogen) atoms. The van der Waals surface area contributed by atoms with Gasteiger partial charge in [0, 0.05) is 38.3 Å². The first-order valence-corrected chi connectivity index (χ1v) is 16.4. The number of hydrogen-bond acceptors (Lipinski definition) is 4. The molecular formula is C44H29N3O. The lowest BCUT2D eigenvalue weighted by molar-refractivity contribution is 0.659. The van der Waals surface area contributed by atoms with Gasteiger partial charge < -0.3 is 4.42 Å². The third-order valence-electron chi connectivity index (χ3n) is 10.1. The maximum Gasteiger partial charge on any atom is 0.164 e. The molecule has 0 atom stereocenters. The monoisotopic (exact) mass is 615 g/mol. The van der Waals surface area contributed by atoms with Gasteiger partial charge in [-0.1, -0.05) is 135 Å². The molecule has 1 aliphatic rings. The fourth-order valence-corrected chi connectivity index (χ4v) is 7.80. The van der Waals surface area contributed by atoms with E-state index < -0.39 is 0 Å². The molecule has 9 aromatic rings. The number of rotatable bonds is 3. The molecule has 4 nitrogen and oxygen atoms in total. The Bertz CT molecular complexity index is 2760. The van der Waals surface area contributed by atoms with Crippen LogP contribution in [-0.4, -0.2) is 15.0 Å². The minimum Gasteiger partial charge on any atom is -0.455 e. The molecule has 0 amide bonds. The minimum absolute atomic E-state index is 0.183. The Morgan fingerprint density at radius 2 is 1.12 bits per heavy atom. The Kier molecular flexibility index (Phi) is 5.59. The molecule has 0 bridgehead atoms. The first-order valence-electron chi connectivity index (χ1n) is 16.4. The molecule has 0 unspecified atom stereocenters. The van der Waals surface area contributed by atoms with Crippen LogP contribution in [0.4, 0.5) is 0 Å². The topological polar surface area (TPSA) is 51.8 Å². The summed E-state index contributed by atoms with van der Waals surface area (Å²) in [5, 5.41) is 6.96. The zero-order valence-electron chi connectivity index (χ0n) is 26.5. The van der Waals surface area contributed by atoms with Crippen molar-refractivity contribution >= 4 is 43.5 Å². The van der Waals surface area contributed by atoms with Crippen molar-refractivity contribution in [3.63, 3.8) is 0 Å². The molecule has 2 aromatic heterocycles. The molecular weight excluding hydrogens is 587 g/mol. The van der Waals surface area contributed by atoms with Crippen molar-refractivity contribution in [2.45, 2.75) is 19.3 Å². The van der Waals surface area contributed by atoms with Gasteiger partial charge in [-0.05, 0) is 56.6 Å². The fraction of sp³-hybridized carbons (Fsp3) is 0.0682. The Hall–Kier alpha value is -6.13. The molecule has 2 heterocycles. The van der Waals surface area contributed by atoms with E-state index in [-0.39, 0.29) is 5.41 Å². The number of furan rings is 1. The van der Waals surface area contributed by atoms with Crippen LogP contribution in [0.5, 0.6) is 0 Å². The van der Waals surface area contributed by atoms with E-state index in [2.05, 4.69) is 123 Å². The molecule has 0 fully saturated rings. The zero-order chi connectivity index (χ0) is 32.0. The van der Waals surface area contributed by atoms with E-state index in [1.807, 2.05) is 30.3 Å². The highest BCUT2D eigenvalue weighted by Gasteiger charge is 2.39. The highest BCUT2D eigenvalue weighted by molar-refractivity contribution is 6.23.